The lowest BCUT2D eigenvalue weighted by molar-refractivity contribution is -0.141. The highest BCUT2D eigenvalue weighted by atomic mass is 32.1. The van der Waals surface area contributed by atoms with Crippen molar-refractivity contribution < 1.29 is 29.1 Å². The SMILES string of the molecule is NC(=O)CCC(NC(=O)C(N)CS)C(=O)NCC(=O)NC(CS)C(=O)O. The molecule has 0 fully saturated rings. The zero-order valence-corrected chi connectivity index (χ0v) is 15.6. The average Bonchev–Trinajstić information content (AvgIpc) is 2.59. The van der Waals surface area contributed by atoms with Crippen LogP contribution in [0.25, 0.3) is 0 Å². The summed E-state index contributed by atoms with van der Waals surface area (Å²) in [5, 5.41) is 15.6. The third-order valence-electron chi connectivity index (χ3n) is 3.08. The molecule has 3 atom stereocenters. The number of amides is 4. The van der Waals surface area contributed by atoms with Crippen molar-refractivity contribution in [1.29, 1.82) is 0 Å². The van der Waals surface area contributed by atoms with Gasteiger partial charge in [-0.2, -0.15) is 25.3 Å². The number of carboxylic acids is 1. The lowest BCUT2D eigenvalue weighted by atomic mass is 10.1. The van der Waals surface area contributed by atoms with Gasteiger partial charge in [0.1, 0.15) is 12.1 Å². The Bertz CT molecular complexity index is 547. The molecule has 0 aliphatic carbocycles. The Morgan fingerprint density at radius 1 is 0.962 bits per heavy atom. The van der Waals surface area contributed by atoms with Gasteiger partial charge >= 0.3 is 5.97 Å². The van der Waals surface area contributed by atoms with Crippen molar-refractivity contribution in [3.8, 4) is 0 Å². The molecule has 0 saturated carbocycles. The van der Waals surface area contributed by atoms with Gasteiger partial charge in [0.05, 0.1) is 12.6 Å². The predicted octanol–water partition coefficient (Wildman–Crippen LogP) is -3.39. The first-order chi connectivity index (χ1) is 12.1. The van der Waals surface area contributed by atoms with E-state index in [9.17, 15) is 24.0 Å². The second kappa shape index (κ2) is 12.4. The van der Waals surface area contributed by atoms with Crippen molar-refractivity contribution in [3.05, 3.63) is 0 Å². The van der Waals surface area contributed by atoms with Gasteiger partial charge in [-0.1, -0.05) is 0 Å². The molecule has 0 spiro atoms. The Kier molecular flexibility index (Phi) is 11.4. The number of hydrogen-bond acceptors (Lipinski definition) is 8. The van der Waals surface area contributed by atoms with Crippen molar-refractivity contribution in [2.75, 3.05) is 18.1 Å². The smallest absolute Gasteiger partial charge is 0.327 e. The van der Waals surface area contributed by atoms with Crippen LogP contribution in [0.1, 0.15) is 12.8 Å². The number of carbonyl (C=O) groups excluding carboxylic acids is 4. The maximum absolute atomic E-state index is 12.1. The molecule has 0 aromatic heterocycles. The first-order valence-electron chi connectivity index (χ1n) is 7.48. The van der Waals surface area contributed by atoms with E-state index in [-0.39, 0.29) is 24.3 Å². The molecule has 3 unspecified atom stereocenters. The Hall–Kier alpha value is -1.99. The molecule has 0 radical (unpaired) electrons. The molecule has 0 aromatic rings. The minimum absolute atomic E-state index is 0.0404. The molecule has 0 bridgehead atoms. The van der Waals surface area contributed by atoms with Crippen LogP contribution in [0.15, 0.2) is 0 Å². The second-order valence-electron chi connectivity index (χ2n) is 5.21. The molecule has 0 aliphatic heterocycles. The van der Waals surface area contributed by atoms with Crippen molar-refractivity contribution in [2.45, 2.75) is 31.0 Å². The molecule has 11 nitrogen and oxygen atoms in total. The van der Waals surface area contributed by atoms with Crippen LogP contribution < -0.4 is 27.4 Å². The second-order valence-corrected chi connectivity index (χ2v) is 5.94. The Balaban J connectivity index is 4.74. The molecule has 8 N–H and O–H groups in total. The van der Waals surface area contributed by atoms with E-state index < -0.39 is 54.3 Å². The highest BCUT2D eigenvalue weighted by Gasteiger charge is 2.25. The fourth-order valence-electron chi connectivity index (χ4n) is 1.64. The van der Waals surface area contributed by atoms with E-state index in [4.69, 9.17) is 16.6 Å². The molecule has 26 heavy (non-hydrogen) atoms. The van der Waals surface area contributed by atoms with Crippen LogP contribution in [-0.4, -0.2) is 70.9 Å². The summed E-state index contributed by atoms with van der Waals surface area (Å²) in [5.41, 5.74) is 10.5. The number of aliphatic carboxylic acids is 1. The molecule has 0 saturated heterocycles. The van der Waals surface area contributed by atoms with E-state index in [1.165, 1.54) is 0 Å². The third kappa shape index (κ3) is 9.48. The molecule has 0 aliphatic rings. The minimum atomic E-state index is -1.27. The summed E-state index contributed by atoms with van der Waals surface area (Å²) in [5.74, 6) is -4.20. The zero-order chi connectivity index (χ0) is 20.3. The van der Waals surface area contributed by atoms with Gasteiger partial charge < -0.3 is 32.5 Å². The van der Waals surface area contributed by atoms with Gasteiger partial charge in [0.2, 0.25) is 23.6 Å². The summed E-state index contributed by atoms with van der Waals surface area (Å²) in [7, 11) is 0. The number of nitrogens with two attached hydrogens (primary N) is 2. The summed E-state index contributed by atoms with van der Waals surface area (Å²) in [6.07, 6.45) is -0.274. The largest absolute Gasteiger partial charge is 0.480 e. The monoisotopic (exact) mass is 409 g/mol. The highest BCUT2D eigenvalue weighted by Crippen LogP contribution is 1.99. The molecule has 0 rings (SSSR count). The molecular weight excluding hydrogens is 386 g/mol. The van der Waals surface area contributed by atoms with Crippen LogP contribution in [0.2, 0.25) is 0 Å². The van der Waals surface area contributed by atoms with E-state index in [2.05, 4.69) is 41.2 Å². The molecule has 13 heteroatoms. The van der Waals surface area contributed by atoms with Crippen molar-refractivity contribution in [1.82, 2.24) is 16.0 Å². The quantitative estimate of drug-likeness (QED) is 0.154. The number of rotatable bonds is 12. The summed E-state index contributed by atoms with van der Waals surface area (Å²) in [6, 6.07) is -3.31. The highest BCUT2D eigenvalue weighted by molar-refractivity contribution is 7.80. The van der Waals surface area contributed by atoms with Crippen LogP contribution in [0, 0.1) is 0 Å². The first kappa shape index (κ1) is 24.0. The summed E-state index contributed by atoms with van der Waals surface area (Å²) < 4.78 is 0. The van der Waals surface area contributed by atoms with E-state index in [1.54, 1.807) is 0 Å². The number of primary amides is 1. The predicted molar refractivity (Wildman–Crippen MR) is 98.6 cm³/mol. The molecule has 148 valence electrons. The van der Waals surface area contributed by atoms with Gasteiger partial charge in [-0.15, -0.1) is 0 Å². The fourth-order valence-corrected chi connectivity index (χ4v) is 2.05. The number of thiol groups is 2. The number of carbonyl (C=O) groups is 5. The Morgan fingerprint density at radius 3 is 2.04 bits per heavy atom. The average molecular weight is 409 g/mol. The van der Waals surface area contributed by atoms with E-state index in [0.717, 1.165) is 0 Å². The normalized spacial score (nSPS) is 13.8. The van der Waals surface area contributed by atoms with Crippen LogP contribution >= 0.6 is 25.3 Å². The van der Waals surface area contributed by atoms with E-state index >= 15 is 0 Å². The van der Waals surface area contributed by atoms with Crippen LogP contribution in [0.4, 0.5) is 0 Å². The molecule has 0 heterocycles. The van der Waals surface area contributed by atoms with Crippen LogP contribution in [-0.2, 0) is 24.0 Å². The van der Waals surface area contributed by atoms with Crippen LogP contribution in [0.5, 0.6) is 0 Å². The lowest BCUT2D eigenvalue weighted by Gasteiger charge is -2.20. The summed E-state index contributed by atoms with van der Waals surface area (Å²) in [4.78, 5) is 57.3. The molecule has 4 amide bonds. The minimum Gasteiger partial charge on any atom is -0.480 e. The lowest BCUT2D eigenvalue weighted by Crippen LogP contribution is -2.54. The maximum Gasteiger partial charge on any atom is 0.327 e. The van der Waals surface area contributed by atoms with Gasteiger partial charge in [-0.25, -0.2) is 4.79 Å². The maximum atomic E-state index is 12.1. The van der Waals surface area contributed by atoms with Crippen molar-refractivity contribution in [2.24, 2.45) is 11.5 Å². The van der Waals surface area contributed by atoms with Gasteiger partial charge in [0.15, 0.2) is 0 Å². The van der Waals surface area contributed by atoms with Crippen molar-refractivity contribution in [3.63, 3.8) is 0 Å². The van der Waals surface area contributed by atoms with Crippen molar-refractivity contribution >= 4 is 54.9 Å². The topological polar surface area (TPSA) is 194 Å². The van der Waals surface area contributed by atoms with Gasteiger partial charge in [-0.05, 0) is 6.42 Å². The number of nitrogens with one attached hydrogen (secondary N) is 3. The zero-order valence-electron chi connectivity index (χ0n) is 13.8. The third-order valence-corrected chi connectivity index (χ3v) is 3.84. The Morgan fingerprint density at radius 2 is 1.58 bits per heavy atom. The van der Waals surface area contributed by atoms with E-state index in [1.807, 2.05) is 0 Å². The van der Waals surface area contributed by atoms with Gasteiger partial charge in [0, 0.05) is 17.9 Å². The van der Waals surface area contributed by atoms with Gasteiger partial charge in [0.25, 0.3) is 0 Å². The fraction of sp³-hybridized carbons (Fsp3) is 0.615. The van der Waals surface area contributed by atoms with Crippen LogP contribution in [0.3, 0.4) is 0 Å². The van der Waals surface area contributed by atoms with Gasteiger partial charge in [-0.3, -0.25) is 19.2 Å². The number of hydrogen-bond donors (Lipinski definition) is 8. The molecular formula is C13H23N5O6S2. The first-order valence-corrected chi connectivity index (χ1v) is 8.74. The van der Waals surface area contributed by atoms with E-state index in [0.29, 0.717) is 0 Å². The summed E-state index contributed by atoms with van der Waals surface area (Å²) in [6.45, 7) is -0.530. The standard InChI is InChI=1S/C13H23N5O6S2/c14-6(4-25)11(21)18-7(1-2-9(15)19)12(22)16-3-10(20)17-8(5-26)13(23)24/h6-8,25-26H,1-5,14H2,(H2,15,19)(H,16,22)(H,17,20)(H,18,21)(H,23,24). The number of carboxylic acid groups (broad SMARTS) is 1. The Labute approximate surface area is 160 Å². The summed E-state index contributed by atoms with van der Waals surface area (Å²) >= 11 is 7.66. The molecule has 0 aromatic carbocycles.